The van der Waals surface area contributed by atoms with Crippen LogP contribution in [-0.4, -0.2) is 17.1 Å². The monoisotopic (exact) mass is 337 g/mol. The Morgan fingerprint density at radius 2 is 2.20 bits per heavy atom. The molecule has 4 heteroatoms. The number of carbonyl (C=O) groups is 1. The molecule has 1 aromatic rings. The lowest BCUT2D eigenvalue weighted by Crippen LogP contribution is -2.40. The van der Waals surface area contributed by atoms with E-state index in [2.05, 4.69) is 28.2 Å². The average molecular weight is 338 g/mol. The summed E-state index contributed by atoms with van der Waals surface area (Å²) in [5.74, 6) is 2.12. The molecular formula is C16H20BrNO2. The van der Waals surface area contributed by atoms with Crippen molar-refractivity contribution in [2.45, 2.75) is 38.6 Å². The van der Waals surface area contributed by atoms with Gasteiger partial charge < -0.3 is 10.4 Å². The van der Waals surface area contributed by atoms with Gasteiger partial charge in [-0.1, -0.05) is 22.4 Å². The third kappa shape index (κ3) is 2.58. The maximum absolute atomic E-state index is 12.3. The van der Waals surface area contributed by atoms with Crippen LogP contribution in [0.2, 0.25) is 0 Å². The number of aromatic hydroxyl groups is 1. The fourth-order valence-electron chi connectivity index (χ4n) is 3.99. The second kappa shape index (κ2) is 5.40. The van der Waals surface area contributed by atoms with Gasteiger partial charge in [-0.25, -0.2) is 0 Å². The van der Waals surface area contributed by atoms with E-state index in [1.54, 1.807) is 18.2 Å². The molecule has 2 saturated carbocycles. The third-order valence-electron chi connectivity index (χ3n) is 5.00. The molecule has 4 unspecified atom stereocenters. The van der Waals surface area contributed by atoms with Crippen LogP contribution in [0.15, 0.2) is 22.7 Å². The quantitative estimate of drug-likeness (QED) is 0.883. The highest BCUT2D eigenvalue weighted by molar-refractivity contribution is 9.10. The summed E-state index contributed by atoms with van der Waals surface area (Å²) in [6.45, 7) is 2.10. The second-order valence-corrected chi connectivity index (χ2v) is 7.18. The molecule has 3 nitrogen and oxygen atoms in total. The van der Waals surface area contributed by atoms with Crippen LogP contribution >= 0.6 is 15.9 Å². The molecule has 20 heavy (non-hydrogen) atoms. The van der Waals surface area contributed by atoms with E-state index in [0.29, 0.717) is 11.5 Å². The summed E-state index contributed by atoms with van der Waals surface area (Å²) in [7, 11) is 0. The van der Waals surface area contributed by atoms with Crippen molar-refractivity contribution in [3.63, 3.8) is 0 Å². The van der Waals surface area contributed by atoms with Crippen LogP contribution in [0.5, 0.6) is 5.75 Å². The lowest BCUT2D eigenvalue weighted by molar-refractivity contribution is 0.0912. The van der Waals surface area contributed by atoms with Gasteiger partial charge >= 0.3 is 0 Å². The molecule has 0 aromatic heterocycles. The number of hydrogen-bond acceptors (Lipinski definition) is 2. The van der Waals surface area contributed by atoms with Crippen molar-refractivity contribution in [2.75, 3.05) is 0 Å². The zero-order valence-electron chi connectivity index (χ0n) is 11.6. The minimum absolute atomic E-state index is 0.0250. The molecule has 1 aromatic carbocycles. The van der Waals surface area contributed by atoms with Crippen LogP contribution < -0.4 is 5.32 Å². The number of phenolic OH excluding ortho intramolecular Hbond substituents is 1. The van der Waals surface area contributed by atoms with Crippen LogP contribution in [0.25, 0.3) is 0 Å². The van der Waals surface area contributed by atoms with Crippen molar-refractivity contribution >= 4 is 21.8 Å². The first-order valence-electron chi connectivity index (χ1n) is 7.34. The van der Waals surface area contributed by atoms with Gasteiger partial charge in [0.15, 0.2) is 0 Å². The van der Waals surface area contributed by atoms with Crippen molar-refractivity contribution in [1.29, 1.82) is 0 Å². The Morgan fingerprint density at radius 3 is 2.80 bits per heavy atom. The van der Waals surface area contributed by atoms with E-state index in [4.69, 9.17) is 0 Å². The maximum atomic E-state index is 12.3. The summed E-state index contributed by atoms with van der Waals surface area (Å²) < 4.78 is 0.771. The Morgan fingerprint density at radius 1 is 1.40 bits per heavy atom. The number of rotatable bonds is 3. The van der Waals surface area contributed by atoms with Gasteiger partial charge in [0.05, 0.1) is 5.56 Å². The molecule has 1 amide bonds. The van der Waals surface area contributed by atoms with Crippen molar-refractivity contribution in [3.05, 3.63) is 28.2 Å². The Bertz CT molecular complexity index is 531. The van der Waals surface area contributed by atoms with Crippen molar-refractivity contribution in [3.8, 4) is 5.75 Å². The van der Waals surface area contributed by atoms with Crippen molar-refractivity contribution < 1.29 is 9.90 Å². The number of carbonyl (C=O) groups excluding carboxylic acids is 1. The first kappa shape index (κ1) is 13.9. The van der Waals surface area contributed by atoms with Crippen LogP contribution in [0.3, 0.4) is 0 Å². The Kier molecular flexibility index (Phi) is 3.76. The lowest BCUT2D eigenvalue weighted by Gasteiger charge is -2.28. The normalized spacial score (nSPS) is 29.4. The Labute approximate surface area is 127 Å². The number of halogens is 1. The van der Waals surface area contributed by atoms with Crippen molar-refractivity contribution in [1.82, 2.24) is 5.32 Å². The van der Waals surface area contributed by atoms with E-state index in [1.165, 1.54) is 25.7 Å². The van der Waals surface area contributed by atoms with Gasteiger partial charge in [0.25, 0.3) is 5.91 Å². The van der Waals surface area contributed by atoms with E-state index in [1.807, 2.05) is 0 Å². The summed E-state index contributed by atoms with van der Waals surface area (Å²) in [6, 6.07) is 5.16. The maximum Gasteiger partial charge on any atom is 0.255 e. The molecule has 2 fully saturated rings. The molecular weight excluding hydrogens is 318 g/mol. The molecule has 2 N–H and O–H groups in total. The van der Waals surface area contributed by atoms with Gasteiger partial charge in [-0.2, -0.15) is 0 Å². The highest BCUT2D eigenvalue weighted by atomic mass is 79.9. The summed E-state index contributed by atoms with van der Waals surface area (Å²) in [4.78, 5) is 12.3. The van der Waals surface area contributed by atoms with Crippen LogP contribution in [0.1, 0.15) is 43.0 Å². The van der Waals surface area contributed by atoms with Crippen molar-refractivity contribution in [2.24, 2.45) is 17.8 Å². The predicted molar refractivity (Wildman–Crippen MR) is 81.7 cm³/mol. The molecule has 0 aliphatic heterocycles. The third-order valence-corrected chi connectivity index (χ3v) is 5.49. The van der Waals surface area contributed by atoms with Gasteiger partial charge in [0.2, 0.25) is 0 Å². The van der Waals surface area contributed by atoms with E-state index in [9.17, 15) is 9.90 Å². The fourth-order valence-corrected chi connectivity index (χ4v) is 4.34. The Balaban J connectivity index is 1.66. The molecule has 2 aliphatic rings. The van der Waals surface area contributed by atoms with Gasteiger partial charge in [0, 0.05) is 10.5 Å². The molecule has 0 spiro atoms. The molecule has 4 atom stereocenters. The minimum Gasteiger partial charge on any atom is -0.507 e. The summed E-state index contributed by atoms with van der Waals surface area (Å²) in [5, 5.41) is 12.9. The minimum atomic E-state index is -0.176. The molecule has 3 rings (SSSR count). The zero-order chi connectivity index (χ0) is 14.3. The standard InChI is InChI=1S/C16H20BrNO2/c1-9(14-7-10-2-3-11(14)6-10)18-16(20)13-5-4-12(17)8-15(13)19/h4-5,8-11,14,19H,2-3,6-7H2,1H3,(H,18,20). The van der Waals surface area contributed by atoms with Gasteiger partial charge in [0.1, 0.15) is 5.75 Å². The largest absolute Gasteiger partial charge is 0.507 e. The van der Waals surface area contributed by atoms with Crippen LogP contribution in [-0.2, 0) is 0 Å². The first-order chi connectivity index (χ1) is 9.54. The molecule has 0 saturated heterocycles. The number of phenols is 1. The number of amides is 1. The van der Waals surface area contributed by atoms with Gasteiger partial charge in [-0.15, -0.1) is 0 Å². The van der Waals surface area contributed by atoms with E-state index < -0.39 is 0 Å². The Hall–Kier alpha value is -1.03. The average Bonchev–Trinajstić information content (AvgIpc) is 3.00. The number of benzene rings is 1. The number of fused-ring (bicyclic) bond motifs is 2. The topological polar surface area (TPSA) is 49.3 Å². The SMILES string of the molecule is CC(NC(=O)c1ccc(Br)cc1O)C1CC2CCC1C2. The first-order valence-corrected chi connectivity index (χ1v) is 8.13. The molecule has 0 radical (unpaired) electrons. The van der Waals surface area contributed by atoms with Gasteiger partial charge in [-0.3, -0.25) is 4.79 Å². The van der Waals surface area contributed by atoms with E-state index >= 15 is 0 Å². The molecule has 2 bridgehead atoms. The lowest BCUT2D eigenvalue weighted by atomic mass is 9.84. The smallest absolute Gasteiger partial charge is 0.255 e. The molecule has 108 valence electrons. The fraction of sp³-hybridized carbons (Fsp3) is 0.562. The van der Waals surface area contributed by atoms with Gasteiger partial charge in [-0.05, 0) is 62.1 Å². The predicted octanol–water partition coefficient (Wildman–Crippen LogP) is 3.71. The molecule has 0 heterocycles. The zero-order valence-corrected chi connectivity index (χ0v) is 13.2. The van der Waals surface area contributed by atoms with Crippen LogP contribution in [0.4, 0.5) is 0 Å². The van der Waals surface area contributed by atoms with Crippen LogP contribution in [0, 0.1) is 17.8 Å². The summed E-state index contributed by atoms with van der Waals surface area (Å²) in [5.41, 5.74) is 0.350. The molecule has 2 aliphatic carbocycles. The van der Waals surface area contributed by atoms with E-state index in [-0.39, 0.29) is 17.7 Å². The van der Waals surface area contributed by atoms with E-state index in [0.717, 1.165) is 16.3 Å². The number of hydrogen-bond donors (Lipinski definition) is 2. The number of nitrogens with one attached hydrogen (secondary N) is 1. The summed E-state index contributed by atoms with van der Waals surface area (Å²) >= 11 is 3.28. The second-order valence-electron chi connectivity index (χ2n) is 6.26. The summed E-state index contributed by atoms with van der Waals surface area (Å²) in [6.07, 6.45) is 5.28. The highest BCUT2D eigenvalue weighted by Crippen LogP contribution is 2.49. The highest BCUT2D eigenvalue weighted by Gasteiger charge is 2.42.